The number of hydrogen-bond donors (Lipinski definition) is 3. The molecular weight excluding hydrogens is 860 g/mol. The van der Waals surface area contributed by atoms with Crippen LogP contribution in [0.4, 0.5) is 0 Å². The van der Waals surface area contributed by atoms with Crippen molar-refractivity contribution in [3.05, 3.63) is 145 Å². The Bertz CT molecular complexity index is 2640. The Morgan fingerprint density at radius 2 is 0.586 bits per heavy atom. The molecule has 0 radical (unpaired) electrons. The molecule has 0 saturated carbocycles. The SMILES string of the molecule is O=C(O)c1ccc2ccc3cccnc3c2n1.O=C(O)c1ccc2ccc3cccnc3c2n1.O=C(O)c1ccc2ccc3cccnc3c2n1.[Fe].[Fe].[O-][Cl+3]([O-])([O-])[O-]. The van der Waals surface area contributed by atoms with Crippen molar-refractivity contribution in [2.24, 2.45) is 0 Å². The first-order valence-corrected chi connectivity index (χ1v) is 17.3. The Morgan fingerprint density at radius 1 is 0.379 bits per heavy atom. The van der Waals surface area contributed by atoms with Gasteiger partial charge in [0.15, 0.2) is 0 Å². The molecule has 9 rings (SSSR count). The smallest absolute Gasteiger partial charge is 0.354 e. The first-order valence-electron chi connectivity index (χ1n) is 16.0. The van der Waals surface area contributed by atoms with E-state index in [2.05, 4.69) is 29.9 Å². The molecule has 0 fully saturated rings. The van der Waals surface area contributed by atoms with Crippen LogP contribution in [-0.2, 0) is 34.1 Å². The predicted molar refractivity (Wildman–Crippen MR) is 192 cm³/mol. The molecule has 0 bridgehead atoms. The first-order chi connectivity index (χ1) is 26.8. The minimum atomic E-state index is -4.94. The summed E-state index contributed by atoms with van der Waals surface area (Å²) in [6.45, 7) is 0. The number of nitrogens with zero attached hydrogens (tertiary/aromatic N) is 6. The molecule has 0 atom stereocenters. The number of benzene rings is 3. The number of aromatic carboxylic acids is 3. The average molecular weight is 884 g/mol. The van der Waals surface area contributed by atoms with Crippen molar-refractivity contribution >= 4 is 83.3 Å². The van der Waals surface area contributed by atoms with Crippen LogP contribution in [0, 0.1) is 10.2 Å². The number of fused-ring (bicyclic) bond motifs is 9. The molecule has 0 spiro atoms. The molecule has 0 amide bonds. The van der Waals surface area contributed by atoms with Crippen LogP contribution in [0.2, 0.25) is 0 Å². The molecule has 16 nitrogen and oxygen atoms in total. The van der Waals surface area contributed by atoms with Gasteiger partial charge < -0.3 is 15.3 Å². The van der Waals surface area contributed by atoms with Gasteiger partial charge in [-0.05, 0) is 36.4 Å². The second-order valence-corrected chi connectivity index (χ2v) is 12.3. The van der Waals surface area contributed by atoms with Gasteiger partial charge in [-0.25, -0.2) is 48.0 Å². The van der Waals surface area contributed by atoms with Crippen LogP contribution in [0.25, 0.3) is 65.4 Å². The van der Waals surface area contributed by atoms with Crippen LogP contribution in [0.1, 0.15) is 31.5 Å². The van der Waals surface area contributed by atoms with Gasteiger partial charge >= 0.3 is 17.9 Å². The van der Waals surface area contributed by atoms with Crippen LogP contribution >= 0.6 is 0 Å². The van der Waals surface area contributed by atoms with Crippen molar-refractivity contribution in [3.63, 3.8) is 0 Å². The zero-order valence-electron chi connectivity index (χ0n) is 29.1. The molecule has 294 valence electrons. The molecule has 3 aromatic carbocycles. The number of carboxylic acids is 3. The summed E-state index contributed by atoms with van der Waals surface area (Å²) in [5.74, 6) is -3.08. The average Bonchev–Trinajstić information content (AvgIpc) is 3.20. The monoisotopic (exact) mass is 883 g/mol. The number of aromatic nitrogens is 6. The molecule has 6 heterocycles. The summed E-state index contributed by atoms with van der Waals surface area (Å²) in [4.78, 5) is 57.9. The second kappa shape index (κ2) is 19.2. The number of carbonyl (C=O) groups is 3. The summed E-state index contributed by atoms with van der Waals surface area (Å²) in [5, 5.41) is 32.3. The van der Waals surface area contributed by atoms with Gasteiger partial charge in [-0.1, -0.05) is 72.8 Å². The van der Waals surface area contributed by atoms with Crippen LogP contribution in [0.15, 0.2) is 128 Å². The maximum atomic E-state index is 10.9. The molecule has 0 aliphatic heterocycles. The van der Waals surface area contributed by atoms with Crippen LogP contribution < -0.4 is 18.6 Å². The third-order valence-corrected chi connectivity index (χ3v) is 7.95. The summed E-state index contributed by atoms with van der Waals surface area (Å²) >= 11 is 0. The molecule has 0 saturated heterocycles. The van der Waals surface area contributed by atoms with E-state index >= 15 is 0 Å². The van der Waals surface area contributed by atoms with Crippen LogP contribution in [0.5, 0.6) is 0 Å². The van der Waals surface area contributed by atoms with E-state index in [1.807, 2.05) is 72.8 Å². The molecular formula is C39H24ClFe2N6O10-. The van der Waals surface area contributed by atoms with Gasteiger partial charge in [-0.2, -0.15) is 0 Å². The van der Waals surface area contributed by atoms with Crippen LogP contribution in [-0.4, -0.2) is 63.1 Å². The molecule has 0 unspecified atom stereocenters. The number of pyridine rings is 6. The van der Waals surface area contributed by atoms with Crippen molar-refractivity contribution in [1.82, 2.24) is 29.9 Å². The van der Waals surface area contributed by atoms with E-state index in [-0.39, 0.29) is 51.2 Å². The van der Waals surface area contributed by atoms with Gasteiger partial charge in [0.05, 0.1) is 33.1 Å². The van der Waals surface area contributed by atoms with Crippen molar-refractivity contribution < 1.29 is 92.7 Å². The van der Waals surface area contributed by atoms with Gasteiger partial charge in [0.1, 0.15) is 17.1 Å². The normalized spacial score (nSPS) is 10.6. The van der Waals surface area contributed by atoms with Crippen molar-refractivity contribution in [2.45, 2.75) is 0 Å². The summed E-state index contributed by atoms with van der Waals surface area (Å²) in [7, 11) is -4.94. The van der Waals surface area contributed by atoms with E-state index in [4.69, 9.17) is 34.0 Å². The maximum Gasteiger partial charge on any atom is 0.354 e. The summed E-state index contributed by atoms with van der Waals surface area (Å²) < 4.78 is 34.0. The van der Waals surface area contributed by atoms with Gasteiger partial charge in [-0.3, -0.25) is 15.0 Å². The van der Waals surface area contributed by atoms with Crippen molar-refractivity contribution in [2.75, 3.05) is 0 Å². The molecule has 9 aromatic rings. The third-order valence-electron chi connectivity index (χ3n) is 7.95. The first kappa shape index (κ1) is 44.4. The fourth-order valence-corrected chi connectivity index (χ4v) is 5.53. The van der Waals surface area contributed by atoms with E-state index in [1.165, 1.54) is 18.2 Å². The fourth-order valence-electron chi connectivity index (χ4n) is 5.53. The van der Waals surface area contributed by atoms with E-state index in [9.17, 15) is 14.4 Å². The number of rotatable bonds is 3. The minimum absolute atomic E-state index is 0. The minimum Gasteiger partial charge on any atom is -0.477 e. The second-order valence-electron chi connectivity index (χ2n) is 11.5. The number of hydrogen-bond acceptors (Lipinski definition) is 13. The summed E-state index contributed by atoms with van der Waals surface area (Å²) in [6, 6.07) is 32.7. The van der Waals surface area contributed by atoms with Gasteiger partial charge in [0.25, 0.3) is 0 Å². The Labute approximate surface area is 349 Å². The zero-order valence-corrected chi connectivity index (χ0v) is 32.1. The Kier molecular flexibility index (Phi) is 14.7. The van der Waals surface area contributed by atoms with E-state index in [0.29, 0.717) is 16.6 Å². The van der Waals surface area contributed by atoms with Gasteiger partial charge in [-0.15, -0.1) is 10.2 Å². The fraction of sp³-hybridized carbons (Fsp3) is 0. The Balaban J connectivity index is 0.000000179. The Morgan fingerprint density at radius 3 is 0.810 bits per heavy atom. The third kappa shape index (κ3) is 10.8. The number of halogens is 1. The standard InChI is InChI=1S/3C13H8N2O2.ClHO4.2Fe/c3*16-13(17)10-6-5-9-4-3-8-2-1-7-14-11(8)12(9)15-10;2-1(3,4)5;;/h3*1-7H,(H,16,17);(H,2,3,4,5);;/p-1. The zero-order chi connectivity index (χ0) is 40.0. The quantitative estimate of drug-likeness (QED) is 0.170. The molecule has 0 aliphatic carbocycles. The Hall–Kier alpha value is -6.30. The number of carboxylic acid groups (broad SMARTS) is 3. The van der Waals surface area contributed by atoms with Gasteiger partial charge in [0.2, 0.25) is 0 Å². The van der Waals surface area contributed by atoms with Crippen molar-refractivity contribution in [3.8, 4) is 0 Å². The summed E-state index contributed by atoms with van der Waals surface area (Å²) in [6.07, 6.45) is 5.03. The molecule has 58 heavy (non-hydrogen) atoms. The summed E-state index contributed by atoms with van der Waals surface area (Å²) in [5.41, 5.74) is 4.19. The van der Waals surface area contributed by atoms with E-state index in [0.717, 1.165) is 48.9 Å². The van der Waals surface area contributed by atoms with Crippen molar-refractivity contribution in [1.29, 1.82) is 0 Å². The predicted octanol–water partition coefficient (Wildman–Crippen LogP) is 2.68. The largest absolute Gasteiger partial charge is 0.477 e. The maximum absolute atomic E-state index is 10.9. The molecule has 6 aromatic heterocycles. The van der Waals surface area contributed by atoms with Crippen LogP contribution in [0.3, 0.4) is 0 Å². The molecule has 19 heteroatoms. The topological polar surface area (TPSA) is 281 Å². The molecule has 0 aliphatic rings. The molecule has 3 N–H and O–H groups in total. The van der Waals surface area contributed by atoms with E-state index in [1.54, 1.807) is 36.8 Å². The van der Waals surface area contributed by atoms with Gasteiger partial charge in [0, 0.05) is 85.0 Å². The van der Waals surface area contributed by atoms with E-state index < -0.39 is 28.2 Å².